The minimum atomic E-state index is -0.659. The lowest BCUT2D eigenvalue weighted by Gasteiger charge is -2.43. The summed E-state index contributed by atoms with van der Waals surface area (Å²) in [5, 5.41) is 9.37. The van der Waals surface area contributed by atoms with Crippen molar-refractivity contribution in [1.82, 2.24) is 0 Å². The SMILES string of the molecule is C=C(C)CC1=C(C)C2(CC2)[C@@]2(C)OC(=O)O[C@H]2/C1=C\CO. The summed E-state index contributed by atoms with van der Waals surface area (Å²) in [7, 11) is 0. The average molecular weight is 290 g/mol. The van der Waals surface area contributed by atoms with Crippen molar-refractivity contribution < 1.29 is 19.4 Å². The number of aliphatic hydroxyl groups is 1. The molecular weight excluding hydrogens is 268 g/mol. The summed E-state index contributed by atoms with van der Waals surface area (Å²) in [6.07, 6.45) is 3.45. The van der Waals surface area contributed by atoms with Crippen LogP contribution in [0.1, 0.15) is 40.0 Å². The van der Waals surface area contributed by atoms with Crippen molar-refractivity contribution in [3.8, 4) is 0 Å². The second-order valence-electron chi connectivity index (χ2n) is 6.62. The van der Waals surface area contributed by atoms with Gasteiger partial charge in [0.1, 0.15) is 0 Å². The molecule has 0 unspecified atom stereocenters. The standard InChI is InChI=1S/C17H22O4/c1-10(2)9-13-11(3)17(6-7-17)16(4)14(12(13)5-8-18)20-15(19)21-16/h5,14,18H,1,6-9H2,2-4H3/b12-5-/t14-,16-/m0/s1. The van der Waals surface area contributed by atoms with Crippen LogP contribution in [-0.2, 0) is 9.47 Å². The van der Waals surface area contributed by atoms with E-state index in [-0.39, 0.29) is 12.0 Å². The summed E-state index contributed by atoms with van der Waals surface area (Å²) < 4.78 is 11.1. The van der Waals surface area contributed by atoms with E-state index in [1.54, 1.807) is 6.08 Å². The van der Waals surface area contributed by atoms with Gasteiger partial charge in [-0.15, -0.1) is 0 Å². The molecule has 1 heterocycles. The Morgan fingerprint density at radius 2 is 2.19 bits per heavy atom. The van der Waals surface area contributed by atoms with Crippen LogP contribution in [0.15, 0.2) is 34.9 Å². The monoisotopic (exact) mass is 290 g/mol. The van der Waals surface area contributed by atoms with E-state index in [4.69, 9.17) is 9.47 Å². The number of aliphatic hydroxyl groups excluding tert-OH is 1. The molecule has 1 aliphatic heterocycles. The Kier molecular flexibility index (Phi) is 3.06. The van der Waals surface area contributed by atoms with Gasteiger partial charge in [-0.05, 0) is 51.2 Å². The highest BCUT2D eigenvalue weighted by Crippen LogP contribution is 2.68. The summed E-state index contributed by atoms with van der Waals surface area (Å²) in [5.74, 6) is 0. The van der Waals surface area contributed by atoms with Crippen molar-refractivity contribution in [3.63, 3.8) is 0 Å². The fourth-order valence-corrected chi connectivity index (χ4v) is 4.07. The van der Waals surface area contributed by atoms with Crippen molar-refractivity contribution in [3.05, 3.63) is 34.9 Å². The van der Waals surface area contributed by atoms with E-state index in [2.05, 4.69) is 13.5 Å². The van der Waals surface area contributed by atoms with Gasteiger partial charge in [-0.1, -0.05) is 23.8 Å². The van der Waals surface area contributed by atoms with Gasteiger partial charge in [-0.3, -0.25) is 0 Å². The third kappa shape index (κ3) is 1.81. The third-order valence-electron chi connectivity index (χ3n) is 5.30. The fourth-order valence-electron chi connectivity index (χ4n) is 4.07. The van der Waals surface area contributed by atoms with Gasteiger partial charge >= 0.3 is 6.16 Å². The first-order valence-corrected chi connectivity index (χ1v) is 7.41. The number of hydrogen-bond donors (Lipinski definition) is 1. The van der Waals surface area contributed by atoms with Gasteiger partial charge in [0.2, 0.25) is 0 Å². The molecule has 3 aliphatic rings. The minimum absolute atomic E-state index is 0.0839. The maximum absolute atomic E-state index is 11.7. The molecule has 2 fully saturated rings. The van der Waals surface area contributed by atoms with E-state index in [0.29, 0.717) is 0 Å². The molecule has 2 atom stereocenters. The number of allylic oxidation sites excluding steroid dienone is 1. The highest BCUT2D eigenvalue weighted by molar-refractivity contribution is 5.68. The molecule has 1 spiro atoms. The van der Waals surface area contributed by atoms with E-state index in [0.717, 1.165) is 36.0 Å². The first-order valence-electron chi connectivity index (χ1n) is 7.41. The second-order valence-corrected chi connectivity index (χ2v) is 6.62. The lowest BCUT2D eigenvalue weighted by atomic mass is 9.65. The van der Waals surface area contributed by atoms with E-state index < -0.39 is 17.9 Å². The molecule has 0 bridgehead atoms. The van der Waals surface area contributed by atoms with Crippen LogP contribution in [0.2, 0.25) is 0 Å². The Balaban J connectivity index is 2.17. The minimum Gasteiger partial charge on any atom is -0.423 e. The lowest BCUT2D eigenvalue weighted by Crippen LogP contribution is -2.50. The fraction of sp³-hybridized carbons (Fsp3) is 0.588. The summed E-state index contributed by atoms with van der Waals surface area (Å²) in [6, 6.07) is 0. The summed E-state index contributed by atoms with van der Waals surface area (Å²) in [6.45, 7) is 9.98. The van der Waals surface area contributed by atoms with Crippen LogP contribution in [0.4, 0.5) is 4.79 Å². The van der Waals surface area contributed by atoms with Crippen LogP contribution in [0, 0.1) is 5.41 Å². The van der Waals surface area contributed by atoms with Gasteiger partial charge in [-0.25, -0.2) is 4.79 Å². The van der Waals surface area contributed by atoms with Gasteiger partial charge in [0.05, 0.1) is 6.61 Å². The smallest absolute Gasteiger partial charge is 0.423 e. The van der Waals surface area contributed by atoms with Crippen molar-refractivity contribution in [1.29, 1.82) is 0 Å². The number of fused-ring (bicyclic) bond motifs is 2. The number of carbonyl (C=O) groups excluding carboxylic acids is 1. The van der Waals surface area contributed by atoms with Crippen molar-refractivity contribution in [2.75, 3.05) is 6.61 Å². The Morgan fingerprint density at radius 3 is 2.71 bits per heavy atom. The van der Waals surface area contributed by atoms with Crippen LogP contribution in [0.25, 0.3) is 0 Å². The van der Waals surface area contributed by atoms with E-state index in [1.807, 2.05) is 13.8 Å². The molecule has 1 saturated heterocycles. The van der Waals surface area contributed by atoms with Gasteiger partial charge in [0.25, 0.3) is 0 Å². The first-order chi connectivity index (χ1) is 9.85. The van der Waals surface area contributed by atoms with Gasteiger partial charge in [0.15, 0.2) is 11.7 Å². The van der Waals surface area contributed by atoms with Crippen LogP contribution in [-0.4, -0.2) is 29.6 Å². The molecule has 2 aliphatic carbocycles. The Hall–Kier alpha value is -1.55. The van der Waals surface area contributed by atoms with Crippen molar-refractivity contribution >= 4 is 6.16 Å². The Bertz CT molecular complexity index is 580. The number of carbonyl (C=O) groups is 1. The third-order valence-corrected chi connectivity index (χ3v) is 5.30. The zero-order chi connectivity index (χ0) is 15.4. The summed E-state index contributed by atoms with van der Waals surface area (Å²) >= 11 is 0. The highest BCUT2D eigenvalue weighted by Gasteiger charge is 2.70. The van der Waals surface area contributed by atoms with Crippen LogP contribution in [0.5, 0.6) is 0 Å². The number of rotatable bonds is 3. The van der Waals surface area contributed by atoms with Gasteiger partial charge in [0, 0.05) is 5.41 Å². The Morgan fingerprint density at radius 1 is 1.52 bits per heavy atom. The summed E-state index contributed by atoms with van der Waals surface area (Å²) in [5.41, 5.74) is 3.56. The normalized spacial score (nSPS) is 34.8. The van der Waals surface area contributed by atoms with Crippen LogP contribution in [0.3, 0.4) is 0 Å². The zero-order valence-electron chi connectivity index (χ0n) is 12.9. The number of ether oxygens (including phenoxy) is 2. The van der Waals surface area contributed by atoms with Crippen LogP contribution < -0.4 is 0 Å². The molecule has 114 valence electrons. The van der Waals surface area contributed by atoms with Gasteiger partial charge < -0.3 is 14.6 Å². The predicted octanol–water partition coefficient (Wildman–Crippen LogP) is 3.28. The quantitative estimate of drug-likeness (QED) is 0.640. The second kappa shape index (κ2) is 4.47. The summed E-state index contributed by atoms with van der Waals surface area (Å²) in [4.78, 5) is 11.7. The molecule has 0 aromatic rings. The number of hydrogen-bond acceptors (Lipinski definition) is 4. The van der Waals surface area contributed by atoms with E-state index in [1.165, 1.54) is 5.57 Å². The van der Waals surface area contributed by atoms with Crippen molar-refractivity contribution in [2.24, 2.45) is 5.41 Å². The van der Waals surface area contributed by atoms with Gasteiger partial charge in [-0.2, -0.15) is 0 Å². The molecule has 3 rings (SSSR count). The molecule has 0 aromatic heterocycles. The Labute approximate surface area is 125 Å². The molecule has 21 heavy (non-hydrogen) atoms. The molecule has 0 aromatic carbocycles. The average Bonchev–Trinajstić information content (AvgIpc) is 3.14. The molecule has 0 amide bonds. The van der Waals surface area contributed by atoms with E-state index >= 15 is 0 Å². The maximum Gasteiger partial charge on any atom is 0.509 e. The first kappa shape index (κ1) is 14.4. The zero-order valence-corrected chi connectivity index (χ0v) is 12.9. The van der Waals surface area contributed by atoms with E-state index in [9.17, 15) is 9.90 Å². The van der Waals surface area contributed by atoms with Crippen molar-refractivity contribution in [2.45, 2.75) is 51.7 Å². The largest absolute Gasteiger partial charge is 0.509 e. The highest BCUT2D eigenvalue weighted by atomic mass is 16.8. The predicted molar refractivity (Wildman–Crippen MR) is 78.7 cm³/mol. The molecule has 4 nitrogen and oxygen atoms in total. The molecule has 1 N–H and O–H groups in total. The lowest BCUT2D eigenvalue weighted by molar-refractivity contribution is -0.00198. The molecule has 1 saturated carbocycles. The van der Waals surface area contributed by atoms with Crippen LogP contribution >= 0.6 is 0 Å². The molecular formula is C17H22O4. The topological polar surface area (TPSA) is 55.8 Å². The maximum atomic E-state index is 11.7. The molecule has 0 radical (unpaired) electrons. The molecule has 4 heteroatoms.